The standard InChI is InChI=1S/C9H13N3O2/c1-6-2-9(11-5-10-6)12-7-3-14-4-8(7)13/h2,5,7-8,13H,3-4H2,1H3,(H,10,11,12)/t7-,8-/m1/s1. The molecule has 0 unspecified atom stereocenters. The molecule has 1 aromatic rings. The van der Waals surface area contributed by atoms with Crippen LogP contribution in [-0.4, -0.2) is 40.4 Å². The highest BCUT2D eigenvalue weighted by Gasteiger charge is 2.26. The van der Waals surface area contributed by atoms with Gasteiger partial charge < -0.3 is 15.2 Å². The lowest BCUT2D eigenvalue weighted by atomic mass is 10.2. The molecular formula is C9H13N3O2. The number of anilines is 1. The second-order valence-electron chi connectivity index (χ2n) is 3.40. The number of aliphatic hydroxyl groups excluding tert-OH is 1. The van der Waals surface area contributed by atoms with Gasteiger partial charge in [-0.05, 0) is 6.92 Å². The first kappa shape index (κ1) is 9.36. The molecule has 14 heavy (non-hydrogen) atoms. The van der Waals surface area contributed by atoms with Crippen molar-refractivity contribution in [3.63, 3.8) is 0 Å². The molecule has 2 atom stereocenters. The number of aromatic nitrogens is 2. The van der Waals surface area contributed by atoms with Gasteiger partial charge in [0.1, 0.15) is 12.1 Å². The van der Waals surface area contributed by atoms with Gasteiger partial charge in [0, 0.05) is 11.8 Å². The Morgan fingerprint density at radius 2 is 2.36 bits per heavy atom. The van der Waals surface area contributed by atoms with E-state index in [1.807, 2.05) is 13.0 Å². The number of ether oxygens (including phenoxy) is 1. The van der Waals surface area contributed by atoms with E-state index in [-0.39, 0.29) is 6.04 Å². The van der Waals surface area contributed by atoms with Crippen molar-refractivity contribution in [3.05, 3.63) is 18.1 Å². The summed E-state index contributed by atoms with van der Waals surface area (Å²) in [5.74, 6) is 0.729. The molecule has 1 aromatic heterocycles. The summed E-state index contributed by atoms with van der Waals surface area (Å²) >= 11 is 0. The van der Waals surface area contributed by atoms with Gasteiger partial charge >= 0.3 is 0 Å². The molecule has 1 aliphatic heterocycles. The van der Waals surface area contributed by atoms with Gasteiger partial charge in [-0.25, -0.2) is 9.97 Å². The van der Waals surface area contributed by atoms with Crippen LogP contribution in [0.15, 0.2) is 12.4 Å². The van der Waals surface area contributed by atoms with Crippen molar-refractivity contribution in [1.29, 1.82) is 0 Å². The predicted octanol–water partition coefficient (Wildman–Crippen LogP) is -0.0434. The molecule has 0 saturated carbocycles. The second kappa shape index (κ2) is 3.89. The Morgan fingerprint density at radius 1 is 1.50 bits per heavy atom. The molecule has 2 rings (SSSR count). The van der Waals surface area contributed by atoms with Crippen LogP contribution >= 0.6 is 0 Å². The molecular weight excluding hydrogens is 182 g/mol. The van der Waals surface area contributed by atoms with Crippen molar-refractivity contribution in [1.82, 2.24) is 9.97 Å². The van der Waals surface area contributed by atoms with Crippen LogP contribution in [-0.2, 0) is 4.74 Å². The van der Waals surface area contributed by atoms with Gasteiger partial charge in [0.05, 0.1) is 25.4 Å². The van der Waals surface area contributed by atoms with Gasteiger partial charge in [-0.15, -0.1) is 0 Å². The van der Waals surface area contributed by atoms with Gasteiger partial charge in [0.15, 0.2) is 0 Å². The molecule has 1 saturated heterocycles. The van der Waals surface area contributed by atoms with E-state index >= 15 is 0 Å². The Morgan fingerprint density at radius 3 is 3.00 bits per heavy atom. The fourth-order valence-electron chi connectivity index (χ4n) is 1.40. The van der Waals surface area contributed by atoms with Crippen molar-refractivity contribution in [2.24, 2.45) is 0 Å². The third kappa shape index (κ3) is 2.00. The molecule has 0 amide bonds. The largest absolute Gasteiger partial charge is 0.388 e. The number of nitrogens with one attached hydrogen (secondary N) is 1. The van der Waals surface area contributed by atoms with E-state index in [0.717, 1.165) is 11.5 Å². The number of rotatable bonds is 2. The van der Waals surface area contributed by atoms with Gasteiger partial charge in [-0.1, -0.05) is 0 Å². The van der Waals surface area contributed by atoms with Crippen LogP contribution in [0, 0.1) is 6.92 Å². The fourth-order valence-corrected chi connectivity index (χ4v) is 1.40. The quantitative estimate of drug-likeness (QED) is 0.693. The minimum absolute atomic E-state index is 0.0655. The summed E-state index contributed by atoms with van der Waals surface area (Å²) in [6, 6.07) is 1.77. The van der Waals surface area contributed by atoms with E-state index in [2.05, 4.69) is 15.3 Å². The molecule has 0 radical (unpaired) electrons. The lowest BCUT2D eigenvalue weighted by Gasteiger charge is -2.14. The van der Waals surface area contributed by atoms with Crippen LogP contribution < -0.4 is 5.32 Å². The summed E-state index contributed by atoms with van der Waals surface area (Å²) in [5, 5.41) is 12.6. The number of hydrogen-bond acceptors (Lipinski definition) is 5. The third-order valence-electron chi connectivity index (χ3n) is 2.19. The molecule has 0 bridgehead atoms. The highest BCUT2D eigenvalue weighted by Crippen LogP contribution is 2.12. The van der Waals surface area contributed by atoms with E-state index in [1.165, 1.54) is 6.33 Å². The molecule has 5 nitrogen and oxygen atoms in total. The lowest BCUT2D eigenvalue weighted by molar-refractivity contribution is 0.125. The topological polar surface area (TPSA) is 67.3 Å². The van der Waals surface area contributed by atoms with Crippen LogP contribution in [0.1, 0.15) is 5.69 Å². The molecule has 2 heterocycles. The van der Waals surface area contributed by atoms with E-state index in [0.29, 0.717) is 13.2 Å². The Balaban J connectivity index is 2.03. The van der Waals surface area contributed by atoms with Gasteiger partial charge in [0.25, 0.3) is 0 Å². The predicted molar refractivity (Wildman–Crippen MR) is 51.0 cm³/mol. The highest BCUT2D eigenvalue weighted by atomic mass is 16.5. The second-order valence-corrected chi connectivity index (χ2v) is 3.40. The summed E-state index contributed by atoms with van der Waals surface area (Å²) in [6.45, 7) is 2.81. The highest BCUT2D eigenvalue weighted by molar-refractivity contribution is 5.36. The number of nitrogens with zero attached hydrogens (tertiary/aromatic N) is 2. The molecule has 0 aliphatic carbocycles. The number of hydrogen-bond donors (Lipinski definition) is 2. The molecule has 2 N–H and O–H groups in total. The zero-order valence-corrected chi connectivity index (χ0v) is 7.97. The normalized spacial score (nSPS) is 26.4. The fraction of sp³-hybridized carbons (Fsp3) is 0.556. The van der Waals surface area contributed by atoms with Crippen molar-refractivity contribution in [2.45, 2.75) is 19.1 Å². The number of aryl methyl sites for hydroxylation is 1. The van der Waals surface area contributed by atoms with E-state index in [9.17, 15) is 5.11 Å². The Labute approximate surface area is 82.1 Å². The molecule has 1 fully saturated rings. The smallest absolute Gasteiger partial charge is 0.129 e. The molecule has 1 aliphatic rings. The summed E-state index contributed by atoms with van der Waals surface area (Å²) < 4.78 is 5.12. The number of aliphatic hydroxyl groups is 1. The Bertz CT molecular complexity index is 319. The van der Waals surface area contributed by atoms with Gasteiger partial charge in [0.2, 0.25) is 0 Å². The first-order valence-corrected chi connectivity index (χ1v) is 4.57. The average Bonchev–Trinajstić information content (AvgIpc) is 2.52. The molecule has 0 aromatic carbocycles. The van der Waals surface area contributed by atoms with Crippen LogP contribution in [0.3, 0.4) is 0 Å². The molecule has 0 spiro atoms. The van der Waals surface area contributed by atoms with Crippen LogP contribution in [0.4, 0.5) is 5.82 Å². The van der Waals surface area contributed by atoms with Gasteiger partial charge in [-0.2, -0.15) is 0 Å². The Hall–Kier alpha value is -1.20. The maximum Gasteiger partial charge on any atom is 0.129 e. The van der Waals surface area contributed by atoms with E-state index in [1.54, 1.807) is 0 Å². The third-order valence-corrected chi connectivity index (χ3v) is 2.19. The lowest BCUT2D eigenvalue weighted by Crippen LogP contribution is -2.32. The summed E-state index contributed by atoms with van der Waals surface area (Å²) in [6.07, 6.45) is 1.05. The maximum atomic E-state index is 9.49. The summed E-state index contributed by atoms with van der Waals surface area (Å²) in [4.78, 5) is 8.04. The summed E-state index contributed by atoms with van der Waals surface area (Å²) in [7, 11) is 0. The zero-order chi connectivity index (χ0) is 9.97. The van der Waals surface area contributed by atoms with Crippen LogP contribution in [0.25, 0.3) is 0 Å². The van der Waals surface area contributed by atoms with E-state index < -0.39 is 6.10 Å². The van der Waals surface area contributed by atoms with Crippen LogP contribution in [0.5, 0.6) is 0 Å². The first-order valence-electron chi connectivity index (χ1n) is 4.57. The van der Waals surface area contributed by atoms with Crippen molar-refractivity contribution in [2.75, 3.05) is 18.5 Å². The minimum Gasteiger partial charge on any atom is -0.388 e. The van der Waals surface area contributed by atoms with Crippen molar-refractivity contribution >= 4 is 5.82 Å². The SMILES string of the molecule is Cc1cc(N[C@@H]2COC[C@H]2O)ncn1. The maximum absolute atomic E-state index is 9.49. The molecule has 76 valence electrons. The minimum atomic E-state index is -0.453. The average molecular weight is 195 g/mol. The van der Waals surface area contributed by atoms with Gasteiger partial charge in [-0.3, -0.25) is 0 Å². The Kier molecular flexibility index (Phi) is 2.60. The van der Waals surface area contributed by atoms with Crippen molar-refractivity contribution < 1.29 is 9.84 Å². The molecule has 5 heteroatoms. The zero-order valence-electron chi connectivity index (χ0n) is 7.97. The monoisotopic (exact) mass is 195 g/mol. The van der Waals surface area contributed by atoms with Crippen molar-refractivity contribution in [3.8, 4) is 0 Å². The summed E-state index contributed by atoms with van der Waals surface area (Å²) in [5.41, 5.74) is 0.899. The van der Waals surface area contributed by atoms with E-state index in [4.69, 9.17) is 4.74 Å². The first-order chi connectivity index (χ1) is 6.75. The van der Waals surface area contributed by atoms with Crippen LogP contribution in [0.2, 0.25) is 0 Å².